The summed E-state index contributed by atoms with van der Waals surface area (Å²) in [7, 11) is 0. The van der Waals surface area contributed by atoms with Crippen molar-refractivity contribution in [1.29, 1.82) is 0 Å². The average molecular weight is 238 g/mol. The van der Waals surface area contributed by atoms with E-state index in [4.69, 9.17) is 9.63 Å². The van der Waals surface area contributed by atoms with Gasteiger partial charge in [-0.15, -0.1) is 0 Å². The Bertz CT molecular complexity index is 454. The first kappa shape index (κ1) is 11.6. The molecule has 0 spiro atoms. The van der Waals surface area contributed by atoms with E-state index in [1.807, 2.05) is 0 Å². The van der Waals surface area contributed by atoms with Gasteiger partial charge < -0.3 is 14.9 Å². The van der Waals surface area contributed by atoms with Crippen LogP contribution in [0.5, 0.6) is 0 Å². The highest BCUT2D eigenvalue weighted by Gasteiger charge is 2.46. The van der Waals surface area contributed by atoms with Gasteiger partial charge in [0.05, 0.1) is 5.69 Å². The molecular formula is C11H14N2O4. The Balaban J connectivity index is 2.20. The highest BCUT2D eigenvalue weighted by atomic mass is 16.5. The number of carbonyl (C=O) groups excluding carboxylic acids is 1. The number of nitrogens with zero attached hydrogens (tertiary/aromatic N) is 1. The van der Waals surface area contributed by atoms with E-state index in [0.29, 0.717) is 29.9 Å². The van der Waals surface area contributed by atoms with Crippen molar-refractivity contribution in [2.24, 2.45) is 0 Å². The van der Waals surface area contributed by atoms with E-state index >= 15 is 0 Å². The molecule has 1 heterocycles. The molecule has 1 saturated carbocycles. The molecule has 1 aliphatic carbocycles. The first-order valence-electron chi connectivity index (χ1n) is 5.45. The lowest BCUT2D eigenvalue weighted by Crippen LogP contribution is -2.59. The molecule has 1 amide bonds. The Morgan fingerprint density at radius 2 is 2.06 bits per heavy atom. The number of hydrogen-bond donors (Lipinski definition) is 2. The van der Waals surface area contributed by atoms with Crippen LogP contribution in [0.2, 0.25) is 0 Å². The van der Waals surface area contributed by atoms with Crippen molar-refractivity contribution in [3.63, 3.8) is 0 Å². The van der Waals surface area contributed by atoms with Crippen molar-refractivity contribution in [2.45, 2.75) is 38.6 Å². The predicted molar refractivity (Wildman–Crippen MR) is 57.7 cm³/mol. The molecule has 2 N–H and O–H groups in total. The summed E-state index contributed by atoms with van der Waals surface area (Å²) in [4.78, 5) is 23.1. The number of hydrogen-bond acceptors (Lipinski definition) is 4. The summed E-state index contributed by atoms with van der Waals surface area (Å²) in [5.74, 6) is -1.01. The third-order valence-electron chi connectivity index (χ3n) is 3.23. The maximum absolute atomic E-state index is 12.0. The molecule has 0 aliphatic heterocycles. The standard InChI is InChI=1S/C11H14N2O4/c1-6-8(7(2)17-13-6)9(14)12-11(10(15)16)4-3-5-11/h3-5H2,1-2H3,(H,12,14)(H,15,16). The number of aryl methyl sites for hydroxylation is 2. The van der Waals surface area contributed by atoms with Crippen LogP contribution < -0.4 is 5.32 Å². The number of aliphatic carboxylic acids is 1. The summed E-state index contributed by atoms with van der Waals surface area (Å²) in [6, 6.07) is 0. The van der Waals surface area contributed by atoms with Crippen molar-refractivity contribution in [3.05, 3.63) is 17.0 Å². The molecule has 1 aromatic heterocycles. The minimum atomic E-state index is -1.10. The van der Waals surface area contributed by atoms with Crippen LogP contribution in [-0.2, 0) is 4.79 Å². The van der Waals surface area contributed by atoms with Crippen LogP contribution in [0.15, 0.2) is 4.52 Å². The lowest BCUT2D eigenvalue weighted by molar-refractivity contribution is -0.148. The van der Waals surface area contributed by atoms with E-state index in [2.05, 4.69) is 10.5 Å². The number of carboxylic acid groups (broad SMARTS) is 1. The van der Waals surface area contributed by atoms with Gasteiger partial charge in [-0.3, -0.25) is 4.79 Å². The van der Waals surface area contributed by atoms with E-state index in [0.717, 1.165) is 6.42 Å². The molecule has 17 heavy (non-hydrogen) atoms. The number of aromatic nitrogens is 1. The van der Waals surface area contributed by atoms with Crippen LogP contribution in [0.25, 0.3) is 0 Å². The Labute approximate surface area is 98.0 Å². The van der Waals surface area contributed by atoms with Crippen molar-refractivity contribution >= 4 is 11.9 Å². The largest absolute Gasteiger partial charge is 0.480 e. The van der Waals surface area contributed by atoms with Gasteiger partial charge in [0.25, 0.3) is 5.91 Å². The van der Waals surface area contributed by atoms with Crippen molar-refractivity contribution in [3.8, 4) is 0 Å². The molecular weight excluding hydrogens is 224 g/mol. The Hall–Kier alpha value is -1.85. The van der Waals surface area contributed by atoms with E-state index in [1.54, 1.807) is 13.8 Å². The first-order valence-corrected chi connectivity index (χ1v) is 5.45. The van der Waals surface area contributed by atoms with Crippen molar-refractivity contribution in [1.82, 2.24) is 10.5 Å². The normalized spacial score (nSPS) is 17.3. The molecule has 92 valence electrons. The van der Waals surface area contributed by atoms with E-state index < -0.39 is 17.4 Å². The van der Waals surface area contributed by atoms with Gasteiger partial charge in [-0.2, -0.15) is 0 Å². The topological polar surface area (TPSA) is 92.4 Å². The summed E-state index contributed by atoms with van der Waals surface area (Å²) < 4.78 is 4.88. The van der Waals surface area contributed by atoms with Crippen LogP contribution in [0, 0.1) is 13.8 Å². The number of nitrogens with one attached hydrogen (secondary N) is 1. The van der Waals surface area contributed by atoms with Crippen LogP contribution >= 0.6 is 0 Å². The maximum atomic E-state index is 12.0. The van der Waals surface area contributed by atoms with Crippen LogP contribution in [0.3, 0.4) is 0 Å². The Kier molecular flexibility index (Phi) is 2.65. The monoisotopic (exact) mass is 238 g/mol. The number of amides is 1. The third kappa shape index (κ3) is 1.79. The second kappa shape index (κ2) is 3.87. The van der Waals surface area contributed by atoms with Crippen LogP contribution in [0.4, 0.5) is 0 Å². The summed E-state index contributed by atoms with van der Waals surface area (Å²) >= 11 is 0. The van der Waals surface area contributed by atoms with Gasteiger partial charge in [0.15, 0.2) is 0 Å². The van der Waals surface area contributed by atoms with E-state index in [9.17, 15) is 9.59 Å². The minimum Gasteiger partial charge on any atom is -0.480 e. The first-order chi connectivity index (χ1) is 7.96. The van der Waals surface area contributed by atoms with Gasteiger partial charge in [-0.1, -0.05) is 5.16 Å². The molecule has 0 bridgehead atoms. The number of carbonyl (C=O) groups is 2. The summed E-state index contributed by atoms with van der Waals surface area (Å²) in [6.07, 6.45) is 1.75. The fourth-order valence-corrected chi connectivity index (χ4v) is 2.01. The van der Waals surface area contributed by atoms with Gasteiger partial charge in [-0.05, 0) is 33.1 Å². The number of rotatable bonds is 3. The summed E-state index contributed by atoms with van der Waals surface area (Å²) in [6.45, 7) is 3.28. The highest BCUT2D eigenvalue weighted by Crippen LogP contribution is 2.32. The molecule has 2 rings (SSSR count). The summed E-state index contributed by atoms with van der Waals surface area (Å²) in [5.41, 5.74) is -0.301. The molecule has 1 aliphatic rings. The zero-order chi connectivity index (χ0) is 12.6. The minimum absolute atomic E-state index is 0.331. The second-order valence-electron chi connectivity index (χ2n) is 4.39. The van der Waals surface area contributed by atoms with Gasteiger partial charge in [-0.25, -0.2) is 4.79 Å². The van der Waals surface area contributed by atoms with Gasteiger partial charge in [0.1, 0.15) is 16.9 Å². The van der Waals surface area contributed by atoms with Crippen molar-refractivity contribution < 1.29 is 19.2 Å². The third-order valence-corrected chi connectivity index (χ3v) is 3.23. The molecule has 0 saturated heterocycles. The average Bonchev–Trinajstić information content (AvgIpc) is 2.51. The molecule has 0 atom stereocenters. The van der Waals surface area contributed by atoms with E-state index in [-0.39, 0.29) is 0 Å². The van der Waals surface area contributed by atoms with Gasteiger partial charge in [0.2, 0.25) is 0 Å². The fraction of sp³-hybridized carbons (Fsp3) is 0.545. The SMILES string of the molecule is Cc1noc(C)c1C(=O)NC1(C(=O)O)CCC1. The molecule has 0 radical (unpaired) electrons. The van der Waals surface area contributed by atoms with E-state index in [1.165, 1.54) is 0 Å². The molecule has 1 fully saturated rings. The Morgan fingerprint density at radius 1 is 1.41 bits per heavy atom. The highest BCUT2D eigenvalue weighted by molar-refractivity contribution is 5.99. The smallest absolute Gasteiger partial charge is 0.329 e. The zero-order valence-electron chi connectivity index (χ0n) is 9.74. The van der Waals surface area contributed by atoms with Gasteiger partial charge in [0, 0.05) is 0 Å². The molecule has 0 aromatic carbocycles. The van der Waals surface area contributed by atoms with Gasteiger partial charge >= 0.3 is 5.97 Å². The molecule has 6 nitrogen and oxygen atoms in total. The van der Waals surface area contributed by atoms with Crippen LogP contribution in [0.1, 0.15) is 41.1 Å². The quantitative estimate of drug-likeness (QED) is 0.820. The lowest BCUT2D eigenvalue weighted by atomic mass is 9.76. The number of carboxylic acids is 1. The lowest BCUT2D eigenvalue weighted by Gasteiger charge is -2.38. The Morgan fingerprint density at radius 3 is 2.41 bits per heavy atom. The second-order valence-corrected chi connectivity index (χ2v) is 4.39. The summed E-state index contributed by atoms with van der Waals surface area (Å²) in [5, 5.41) is 15.4. The fourth-order valence-electron chi connectivity index (χ4n) is 2.01. The zero-order valence-corrected chi connectivity index (χ0v) is 9.74. The predicted octanol–water partition coefficient (Wildman–Crippen LogP) is 1.03. The molecule has 1 aromatic rings. The van der Waals surface area contributed by atoms with Crippen LogP contribution in [-0.4, -0.2) is 27.7 Å². The molecule has 6 heteroatoms. The van der Waals surface area contributed by atoms with Crippen molar-refractivity contribution in [2.75, 3.05) is 0 Å². The maximum Gasteiger partial charge on any atom is 0.329 e. The molecule has 0 unspecified atom stereocenters.